The maximum absolute atomic E-state index is 6.14. The lowest BCUT2D eigenvalue weighted by molar-refractivity contribution is 0.302. The van der Waals surface area contributed by atoms with Crippen molar-refractivity contribution < 1.29 is 4.74 Å². The van der Waals surface area contributed by atoms with E-state index in [1.807, 2.05) is 60.8 Å². The van der Waals surface area contributed by atoms with Gasteiger partial charge in [-0.3, -0.25) is 4.98 Å². The van der Waals surface area contributed by atoms with E-state index in [-0.39, 0.29) is 0 Å². The minimum absolute atomic E-state index is 0.512. The van der Waals surface area contributed by atoms with Crippen molar-refractivity contribution in [2.24, 2.45) is 0 Å². The first-order chi connectivity index (χ1) is 24.8. The number of aromatic nitrogens is 4. The van der Waals surface area contributed by atoms with E-state index in [1.165, 1.54) is 11.1 Å². The van der Waals surface area contributed by atoms with E-state index in [0.717, 1.165) is 55.8 Å². The summed E-state index contributed by atoms with van der Waals surface area (Å²) in [6.45, 7) is 0.567. The number of hydrogen-bond acceptors (Lipinski definition) is 5. The first kappa shape index (κ1) is 29.4. The lowest BCUT2D eigenvalue weighted by atomic mass is 9.90. The van der Waals surface area contributed by atoms with Crippen molar-refractivity contribution in [2.75, 3.05) is 0 Å². The number of ether oxygens (including phenoxy) is 1. The van der Waals surface area contributed by atoms with Crippen LogP contribution in [0.3, 0.4) is 0 Å². The van der Waals surface area contributed by atoms with Gasteiger partial charge in [-0.25, -0.2) is 15.0 Å². The zero-order chi connectivity index (χ0) is 33.3. The second kappa shape index (κ2) is 12.7. The predicted octanol–water partition coefficient (Wildman–Crippen LogP) is 10.8. The molecule has 8 aromatic rings. The van der Waals surface area contributed by atoms with Gasteiger partial charge in [-0.15, -0.1) is 0 Å². The number of fused-ring (bicyclic) bond motifs is 3. The Morgan fingerprint density at radius 2 is 0.960 bits per heavy atom. The zero-order valence-electron chi connectivity index (χ0n) is 27.1. The normalized spacial score (nSPS) is 11.7. The predicted molar refractivity (Wildman–Crippen MR) is 200 cm³/mol. The topological polar surface area (TPSA) is 60.8 Å². The highest BCUT2D eigenvalue weighted by Crippen LogP contribution is 2.44. The fraction of sp³-hybridized carbons (Fsp3) is 0.0222. The minimum atomic E-state index is 0.512. The Morgan fingerprint density at radius 1 is 0.400 bits per heavy atom. The third-order valence-electron chi connectivity index (χ3n) is 9.11. The van der Waals surface area contributed by atoms with Crippen molar-refractivity contribution in [3.8, 4) is 84.6 Å². The monoisotopic (exact) mass is 642 g/mol. The van der Waals surface area contributed by atoms with Gasteiger partial charge >= 0.3 is 0 Å². The molecule has 3 heterocycles. The molecule has 0 atom stereocenters. The fourth-order valence-electron chi connectivity index (χ4n) is 6.56. The third-order valence-corrected chi connectivity index (χ3v) is 9.11. The van der Waals surface area contributed by atoms with Gasteiger partial charge in [0.1, 0.15) is 18.1 Å². The van der Waals surface area contributed by atoms with E-state index < -0.39 is 0 Å². The van der Waals surface area contributed by atoms with Gasteiger partial charge in [-0.05, 0) is 57.1 Å². The van der Waals surface area contributed by atoms with Crippen LogP contribution in [-0.4, -0.2) is 19.9 Å². The van der Waals surface area contributed by atoms with Crippen LogP contribution in [0, 0.1) is 0 Å². The van der Waals surface area contributed by atoms with E-state index in [1.54, 1.807) is 0 Å². The van der Waals surface area contributed by atoms with Crippen LogP contribution in [0.4, 0.5) is 0 Å². The summed E-state index contributed by atoms with van der Waals surface area (Å²) in [5.41, 5.74) is 12.5. The van der Waals surface area contributed by atoms with E-state index in [9.17, 15) is 0 Å². The summed E-state index contributed by atoms with van der Waals surface area (Å²) >= 11 is 0. The van der Waals surface area contributed by atoms with E-state index >= 15 is 0 Å². The van der Waals surface area contributed by atoms with E-state index in [0.29, 0.717) is 29.8 Å². The Balaban J connectivity index is 1.13. The van der Waals surface area contributed by atoms with E-state index in [4.69, 9.17) is 24.7 Å². The highest BCUT2D eigenvalue weighted by Gasteiger charge is 2.21. The smallest absolute Gasteiger partial charge is 0.182 e. The molecular formula is C45H30N4O. The molecule has 236 valence electrons. The summed E-state index contributed by atoms with van der Waals surface area (Å²) in [5, 5.41) is 0. The van der Waals surface area contributed by atoms with Crippen LogP contribution in [0.25, 0.3) is 78.8 Å². The van der Waals surface area contributed by atoms with Crippen molar-refractivity contribution in [3.05, 3.63) is 176 Å². The summed E-state index contributed by atoms with van der Waals surface area (Å²) in [6.07, 6.45) is 1.90. The van der Waals surface area contributed by atoms with Gasteiger partial charge < -0.3 is 4.74 Å². The number of pyridine rings is 1. The van der Waals surface area contributed by atoms with Crippen LogP contribution in [0.5, 0.6) is 5.75 Å². The maximum Gasteiger partial charge on any atom is 0.182 e. The number of hydrogen-bond donors (Lipinski definition) is 0. The lowest BCUT2D eigenvalue weighted by Gasteiger charge is -2.23. The van der Waals surface area contributed by atoms with Gasteiger partial charge in [0.05, 0.1) is 0 Å². The summed E-state index contributed by atoms with van der Waals surface area (Å²) in [7, 11) is 0. The van der Waals surface area contributed by atoms with Gasteiger partial charge in [0.15, 0.2) is 17.5 Å². The molecule has 1 aliphatic rings. The molecule has 0 spiro atoms. The van der Waals surface area contributed by atoms with Crippen molar-refractivity contribution in [2.45, 2.75) is 6.61 Å². The molecule has 2 aromatic heterocycles. The molecule has 5 nitrogen and oxygen atoms in total. The maximum atomic E-state index is 6.14. The Labute approximate surface area is 290 Å². The average Bonchev–Trinajstić information content (AvgIpc) is 3.21. The van der Waals surface area contributed by atoms with Crippen LogP contribution in [0.2, 0.25) is 0 Å². The number of nitrogens with zero attached hydrogens (tertiary/aromatic N) is 4. The highest BCUT2D eigenvalue weighted by atomic mass is 16.5. The van der Waals surface area contributed by atoms with Crippen molar-refractivity contribution in [3.63, 3.8) is 0 Å². The molecule has 50 heavy (non-hydrogen) atoms. The fourth-order valence-corrected chi connectivity index (χ4v) is 6.56. The van der Waals surface area contributed by atoms with Crippen LogP contribution in [0.15, 0.2) is 170 Å². The van der Waals surface area contributed by atoms with Crippen molar-refractivity contribution in [1.82, 2.24) is 19.9 Å². The lowest BCUT2D eigenvalue weighted by Crippen LogP contribution is -2.06. The van der Waals surface area contributed by atoms with Gasteiger partial charge in [0, 0.05) is 28.5 Å². The molecule has 0 N–H and O–H groups in total. The third kappa shape index (κ3) is 5.61. The first-order valence-electron chi connectivity index (χ1n) is 16.7. The Morgan fingerprint density at radius 3 is 1.72 bits per heavy atom. The molecular weight excluding hydrogens is 613 g/mol. The summed E-state index contributed by atoms with van der Waals surface area (Å²) in [4.78, 5) is 19.9. The second-order valence-electron chi connectivity index (χ2n) is 12.3. The molecule has 0 saturated heterocycles. The molecule has 0 aliphatic carbocycles. The molecule has 6 aromatic carbocycles. The van der Waals surface area contributed by atoms with Crippen LogP contribution < -0.4 is 4.74 Å². The molecule has 5 heteroatoms. The Hall–Kier alpha value is -6.72. The second-order valence-corrected chi connectivity index (χ2v) is 12.3. The summed E-state index contributed by atoms with van der Waals surface area (Å²) in [5.74, 6) is 2.57. The van der Waals surface area contributed by atoms with E-state index in [2.05, 4.69) is 109 Å². The van der Waals surface area contributed by atoms with Gasteiger partial charge in [0.2, 0.25) is 0 Å². The molecule has 0 saturated carbocycles. The van der Waals surface area contributed by atoms with Gasteiger partial charge in [0.25, 0.3) is 0 Å². The highest BCUT2D eigenvalue weighted by molar-refractivity contribution is 5.89. The standard InChI is InChI=1S/C45H30N4O/c1-3-11-30(12-4-1)32-21-23-33(24-22-32)43-47-44(35-17-9-16-34(27-35)31-13-5-2-6-14-31)49-45(48-43)40-26-25-36(28-46-40)38-19-10-20-41-42(38)39-18-8-7-15-37(39)29-50-41/h1-28H,29H2. The van der Waals surface area contributed by atoms with Crippen LogP contribution in [-0.2, 0) is 6.61 Å². The molecule has 0 unspecified atom stereocenters. The molecule has 0 radical (unpaired) electrons. The quantitative estimate of drug-likeness (QED) is 0.181. The SMILES string of the molecule is c1ccc(-c2ccc(-c3nc(-c4cccc(-c5ccccc5)c4)nc(-c4ccc(-c5cccc6c5-c5ccccc5CO6)cn4)n3)cc2)cc1. The molecule has 0 bridgehead atoms. The molecule has 9 rings (SSSR count). The molecule has 0 fully saturated rings. The van der Waals surface area contributed by atoms with Crippen molar-refractivity contribution >= 4 is 0 Å². The summed E-state index contributed by atoms with van der Waals surface area (Å²) in [6, 6.07) is 56.1. The van der Waals surface area contributed by atoms with Gasteiger partial charge in [-0.1, -0.05) is 146 Å². The van der Waals surface area contributed by atoms with Crippen LogP contribution >= 0.6 is 0 Å². The number of rotatable bonds is 6. The first-order valence-corrected chi connectivity index (χ1v) is 16.7. The van der Waals surface area contributed by atoms with Gasteiger partial charge in [-0.2, -0.15) is 0 Å². The number of benzene rings is 6. The van der Waals surface area contributed by atoms with Crippen LogP contribution in [0.1, 0.15) is 5.56 Å². The largest absolute Gasteiger partial charge is 0.488 e. The summed E-state index contributed by atoms with van der Waals surface area (Å²) < 4.78 is 6.14. The zero-order valence-corrected chi connectivity index (χ0v) is 27.1. The Kier molecular flexibility index (Phi) is 7.48. The minimum Gasteiger partial charge on any atom is -0.488 e. The van der Waals surface area contributed by atoms with Crippen molar-refractivity contribution in [1.29, 1.82) is 0 Å². The molecule has 0 amide bonds. The average molecular weight is 643 g/mol. The Bertz CT molecular complexity index is 2460. The molecule has 1 aliphatic heterocycles.